The molecule has 1 atom stereocenters. The number of hydrogen-bond acceptors (Lipinski definition) is 5. The van der Waals surface area contributed by atoms with Crippen LogP contribution in [0.15, 0.2) is 42.5 Å². The Morgan fingerprint density at radius 2 is 1.84 bits per heavy atom. The number of nitrogens with zero attached hydrogens (tertiary/aromatic N) is 1. The number of anilines is 3. The molecule has 0 aliphatic carbocycles. The Morgan fingerprint density at radius 1 is 1.13 bits per heavy atom. The van der Waals surface area contributed by atoms with E-state index in [0.29, 0.717) is 35.2 Å². The lowest BCUT2D eigenvalue weighted by Gasteiger charge is -2.35. The van der Waals surface area contributed by atoms with E-state index in [0.717, 1.165) is 12.8 Å². The van der Waals surface area contributed by atoms with Gasteiger partial charge in [0.05, 0.1) is 27.6 Å². The van der Waals surface area contributed by atoms with Crippen molar-refractivity contribution in [1.29, 1.82) is 0 Å². The molecular formula is C23H28ClN3O4. The van der Waals surface area contributed by atoms with Crippen LogP contribution in [0.25, 0.3) is 0 Å². The Morgan fingerprint density at radius 3 is 2.55 bits per heavy atom. The molecule has 2 aromatic rings. The summed E-state index contributed by atoms with van der Waals surface area (Å²) >= 11 is 6.48. The molecule has 0 aromatic heterocycles. The number of aromatic carboxylic acids is 1. The first-order valence-electron chi connectivity index (χ1n) is 10.3. The van der Waals surface area contributed by atoms with Gasteiger partial charge in [-0.1, -0.05) is 29.8 Å². The highest BCUT2D eigenvalue weighted by Gasteiger charge is 2.28. The Balaban J connectivity index is 1.78. The van der Waals surface area contributed by atoms with Crippen molar-refractivity contribution in [2.45, 2.75) is 45.3 Å². The predicted octanol–water partition coefficient (Wildman–Crippen LogP) is 5.59. The van der Waals surface area contributed by atoms with Crippen molar-refractivity contribution < 1.29 is 19.4 Å². The third-order valence-electron chi connectivity index (χ3n) is 4.86. The summed E-state index contributed by atoms with van der Waals surface area (Å²) in [7, 11) is 0. The van der Waals surface area contributed by atoms with E-state index in [4.69, 9.17) is 16.3 Å². The summed E-state index contributed by atoms with van der Waals surface area (Å²) in [4.78, 5) is 25.7. The van der Waals surface area contributed by atoms with Crippen LogP contribution in [0.4, 0.5) is 21.9 Å². The van der Waals surface area contributed by atoms with Crippen LogP contribution in [0.2, 0.25) is 5.02 Å². The molecule has 0 spiro atoms. The minimum absolute atomic E-state index is 0.0172. The van der Waals surface area contributed by atoms with Crippen molar-refractivity contribution in [2.75, 3.05) is 23.7 Å². The Hall–Kier alpha value is -2.93. The highest BCUT2D eigenvalue weighted by atomic mass is 35.5. The summed E-state index contributed by atoms with van der Waals surface area (Å²) in [6.45, 7) is 6.68. The number of carbonyl (C=O) groups is 2. The van der Waals surface area contributed by atoms with Crippen molar-refractivity contribution in [3.8, 4) is 0 Å². The zero-order valence-corrected chi connectivity index (χ0v) is 18.7. The van der Waals surface area contributed by atoms with Crippen LogP contribution in [-0.4, -0.2) is 46.8 Å². The van der Waals surface area contributed by atoms with Crippen molar-refractivity contribution in [1.82, 2.24) is 4.90 Å². The molecule has 1 heterocycles. The fourth-order valence-corrected chi connectivity index (χ4v) is 3.72. The number of benzene rings is 2. The lowest BCUT2D eigenvalue weighted by atomic mass is 10.1. The van der Waals surface area contributed by atoms with Gasteiger partial charge in [0.1, 0.15) is 5.60 Å². The van der Waals surface area contributed by atoms with E-state index >= 15 is 0 Å². The summed E-state index contributed by atoms with van der Waals surface area (Å²) in [6, 6.07) is 12.1. The number of nitrogens with one attached hydrogen (secondary N) is 2. The lowest BCUT2D eigenvalue weighted by Crippen LogP contribution is -2.47. The summed E-state index contributed by atoms with van der Waals surface area (Å²) in [5.41, 5.74) is 1.42. The summed E-state index contributed by atoms with van der Waals surface area (Å²) < 4.78 is 5.50. The van der Waals surface area contributed by atoms with Gasteiger partial charge in [0.15, 0.2) is 0 Å². The van der Waals surface area contributed by atoms with Crippen LogP contribution in [0.1, 0.15) is 44.0 Å². The fraction of sp³-hybridized carbons (Fsp3) is 0.391. The molecule has 0 saturated carbocycles. The Labute approximate surface area is 187 Å². The number of para-hydroxylation sites is 2. The predicted molar refractivity (Wildman–Crippen MR) is 123 cm³/mol. The maximum Gasteiger partial charge on any atom is 0.410 e. The van der Waals surface area contributed by atoms with Crippen molar-refractivity contribution in [3.63, 3.8) is 0 Å². The third-order valence-corrected chi connectivity index (χ3v) is 5.18. The van der Waals surface area contributed by atoms with Crippen LogP contribution in [0.5, 0.6) is 0 Å². The number of piperidine rings is 1. The molecule has 1 unspecified atom stereocenters. The molecule has 8 heteroatoms. The summed E-state index contributed by atoms with van der Waals surface area (Å²) in [5, 5.41) is 16.6. The first-order valence-corrected chi connectivity index (χ1v) is 10.6. The first-order chi connectivity index (χ1) is 14.6. The molecule has 1 saturated heterocycles. The van der Waals surface area contributed by atoms with Crippen molar-refractivity contribution in [2.24, 2.45) is 0 Å². The quantitative estimate of drug-likeness (QED) is 0.555. The number of carbonyl (C=O) groups excluding carboxylic acids is 1. The number of hydrogen-bond donors (Lipinski definition) is 3. The fourth-order valence-electron chi connectivity index (χ4n) is 3.49. The number of carboxylic acid groups (broad SMARTS) is 1. The molecule has 1 aliphatic rings. The van der Waals surface area contributed by atoms with Gasteiger partial charge in [-0.3, -0.25) is 0 Å². The number of likely N-dealkylation sites (tertiary alicyclic amines) is 1. The third kappa shape index (κ3) is 6.04. The molecule has 3 rings (SSSR count). The summed E-state index contributed by atoms with van der Waals surface area (Å²) in [6.07, 6.45) is 1.38. The molecule has 166 valence electrons. The number of amides is 1. The van der Waals surface area contributed by atoms with Crippen LogP contribution in [-0.2, 0) is 4.74 Å². The molecule has 1 amide bonds. The zero-order chi connectivity index (χ0) is 22.6. The maximum absolute atomic E-state index is 12.5. The second-order valence-electron chi connectivity index (χ2n) is 8.55. The standard InChI is InChI=1S/C23H28ClN3O4/c1-23(2,3)31-22(30)27-13-7-8-15(14-27)25-20-17(24)10-6-12-19(20)26-18-11-5-4-9-16(18)21(28)29/h4-6,9-12,15,25-26H,7-8,13-14H2,1-3H3,(H,28,29). The monoisotopic (exact) mass is 445 g/mol. The van der Waals surface area contributed by atoms with E-state index in [9.17, 15) is 14.7 Å². The largest absolute Gasteiger partial charge is 0.478 e. The number of halogens is 1. The van der Waals surface area contributed by atoms with E-state index in [1.54, 1.807) is 41.3 Å². The average molecular weight is 446 g/mol. The summed E-state index contributed by atoms with van der Waals surface area (Å²) in [5.74, 6) is -1.01. The smallest absolute Gasteiger partial charge is 0.410 e. The second-order valence-corrected chi connectivity index (χ2v) is 8.96. The number of ether oxygens (including phenoxy) is 1. The highest BCUT2D eigenvalue weighted by molar-refractivity contribution is 6.34. The molecule has 2 aromatic carbocycles. The van der Waals surface area contributed by atoms with E-state index in [-0.39, 0.29) is 17.7 Å². The normalized spacial score (nSPS) is 16.5. The molecule has 31 heavy (non-hydrogen) atoms. The molecular weight excluding hydrogens is 418 g/mol. The first kappa shape index (κ1) is 22.7. The lowest BCUT2D eigenvalue weighted by molar-refractivity contribution is 0.0206. The SMILES string of the molecule is CC(C)(C)OC(=O)N1CCCC(Nc2c(Cl)cccc2Nc2ccccc2C(=O)O)C1. The molecule has 0 bridgehead atoms. The number of rotatable bonds is 5. The van der Waals surface area contributed by atoms with Gasteiger partial charge < -0.3 is 25.4 Å². The minimum atomic E-state index is -1.01. The topological polar surface area (TPSA) is 90.9 Å². The van der Waals surface area contributed by atoms with Gasteiger partial charge in [0, 0.05) is 19.1 Å². The minimum Gasteiger partial charge on any atom is -0.478 e. The van der Waals surface area contributed by atoms with Gasteiger partial charge in [-0.2, -0.15) is 0 Å². The van der Waals surface area contributed by atoms with Crippen LogP contribution < -0.4 is 10.6 Å². The van der Waals surface area contributed by atoms with E-state index < -0.39 is 11.6 Å². The molecule has 7 nitrogen and oxygen atoms in total. The van der Waals surface area contributed by atoms with Crippen LogP contribution in [0.3, 0.4) is 0 Å². The van der Waals surface area contributed by atoms with E-state index in [1.165, 1.54) is 0 Å². The maximum atomic E-state index is 12.5. The van der Waals surface area contributed by atoms with E-state index in [1.807, 2.05) is 26.8 Å². The molecule has 1 aliphatic heterocycles. The molecule has 0 radical (unpaired) electrons. The van der Waals surface area contributed by atoms with Crippen molar-refractivity contribution in [3.05, 3.63) is 53.1 Å². The Kier molecular flexibility index (Phi) is 6.95. The van der Waals surface area contributed by atoms with Gasteiger partial charge >= 0.3 is 12.1 Å². The zero-order valence-electron chi connectivity index (χ0n) is 17.9. The van der Waals surface area contributed by atoms with Crippen molar-refractivity contribution >= 4 is 40.7 Å². The van der Waals surface area contributed by atoms with Gasteiger partial charge in [-0.05, 0) is 57.9 Å². The average Bonchev–Trinajstić information content (AvgIpc) is 2.70. The van der Waals surface area contributed by atoms with Crippen LogP contribution in [0, 0.1) is 0 Å². The molecule has 3 N–H and O–H groups in total. The van der Waals surface area contributed by atoms with Gasteiger partial charge in [-0.25, -0.2) is 9.59 Å². The van der Waals surface area contributed by atoms with Gasteiger partial charge in [0.25, 0.3) is 0 Å². The van der Waals surface area contributed by atoms with Crippen LogP contribution >= 0.6 is 11.6 Å². The second kappa shape index (κ2) is 9.47. The Bertz CT molecular complexity index is 958. The highest BCUT2D eigenvalue weighted by Crippen LogP contribution is 2.35. The van der Waals surface area contributed by atoms with Gasteiger partial charge in [0.2, 0.25) is 0 Å². The van der Waals surface area contributed by atoms with E-state index in [2.05, 4.69) is 10.6 Å². The molecule has 1 fully saturated rings. The van der Waals surface area contributed by atoms with Gasteiger partial charge in [-0.15, -0.1) is 0 Å². The number of carboxylic acids is 1.